The first-order valence-electron chi connectivity index (χ1n) is 6.50. The van der Waals surface area contributed by atoms with Crippen molar-refractivity contribution in [1.82, 2.24) is 4.31 Å². The van der Waals surface area contributed by atoms with Crippen molar-refractivity contribution in [3.8, 4) is 0 Å². The number of benzene rings is 1. The number of hydrogen-bond acceptors (Lipinski definition) is 4. The van der Waals surface area contributed by atoms with E-state index in [0.29, 0.717) is 12.1 Å². The molecule has 1 fully saturated rings. The molecule has 20 heavy (non-hydrogen) atoms. The summed E-state index contributed by atoms with van der Waals surface area (Å²) >= 11 is 1.75. The Morgan fingerprint density at radius 1 is 1.45 bits per heavy atom. The highest BCUT2D eigenvalue weighted by atomic mass is 32.2. The molecule has 0 bridgehead atoms. The molecule has 2 atom stereocenters. The van der Waals surface area contributed by atoms with Crippen LogP contribution in [0.3, 0.4) is 0 Å². The van der Waals surface area contributed by atoms with Crippen LogP contribution in [0.2, 0.25) is 0 Å². The Kier molecular flexibility index (Phi) is 4.73. The third-order valence-electron chi connectivity index (χ3n) is 3.66. The molecule has 2 N–H and O–H groups in total. The molecular weight excluding hydrogens is 299 g/mol. The third-order valence-corrected chi connectivity index (χ3v) is 7.07. The molecule has 112 valence electrons. The minimum atomic E-state index is -3.71. The van der Waals surface area contributed by atoms with E-state index in [2.05, 4.69) is 0 Å². The lowest BCUT2D eigenvalue weighted by atomic mass is 10.2. The molecule has 0 radical (unpaired) electrons. The SMILES string of the molecule is CC1SCCN(S(=O)(=O)c2cc(F)ccc2CN)C1C. The van der Waals surface area contributed by atoms with Gasteiger partial charge in [-0.25, -0.2) is 12.8 Å². The average molecular weight is 318 g/mol. The number of nitrogens with zero attached hydrogens (tertiary/aromatic N) is 1. The Labute approximate surface area is 123 Å². The van der Waals surface area contributed by atoms with Crippen LogP contribution in [0.5, 0.6) is 0 Å². The first-order chi connectivity index (χ1) is 9.37. The first-order valence-corrected chi connectivity index (χ1v) is 8.98. The van der Waals surface area contributed by atoms with Gasteiger partial charge < -0.3 is 5.73 Å². The molecule has 4 nitrogen and oxygen atoms in total. The van der Waals surface area contributed by atoms with Crippen molar-refractivity contribution in [2.75, 3.05) is 12.3 Å². The van der Waals surface area contributed by atoms with Gasteiger partial charge >= 0.3 is 0 Å². The number of rotatable bonds is 3. The van der Waals surface area contributed by atoms with Crippen LogP contribution < -0.4 is 5.73 Å². The molecule has 0 aliphatic carbocycles. The topological polar surface area (TPSA) is 63.4 Å². The second kappa shape index (κ2) is 6.01. The lowest BCUT2D eigenvalue weighted by Gasteiger charge is -2.36. The molecule has 7 heteroatoms. The lowest BCUT2D eigenvalue weighted by Crippen LogP contribution is -2.48. The van der Waals surface area contributed by atoms with Crippen molar-refractivity contribution in [3.05, 3.63) is 29.6 Å². The van der Waals surface area contributed by atoms with Crippen LogP contribution >= 0.6 is 11.8 Å². The normalized spacial score (nSPS) is 24.8. The van der Waals surface area contributed by atoms with Gasteiger partial charge in [0.15, 0.2) is 0 Å². The van der Waals surface area contributed by atoms with Crippen LogP contribution in [0.4, 0.5) is 4.39 Å². The molecule has 1 aliphatic heterocycles. The Hall–Kier alpha value is -0.630. The smallest absolute Gasteiger partial charge is 0.243 e. The van der Waals surface area contributed by atoms with Gasteiger partial charge in [0.2, 0.25) is 10.0 Å². The second-order valence-corrected chi connectivity index (χ2v) is 8.23. The van der Waals surface area contributed by atoms with Crippen molar-refractivity contribution in [2.45, 2.75) is 36.6 Å². The Balaban J connectivity index is 2.47. The number of hydrogen-bond donors (Lipinski definition) is 1. The van der Waals surface area contributed by atoms with Crippen LogP contribution in [0, 0.1) is 5.82 Å². The van der Waals surface area contributed by atoms with Gasteiger partial charge in [-0.15, -0.1) is 0 Å². The van der Waals surface area contributed by atoms with E-state index in [-0.39, 0.29) is 22.7 Å². The van der Waals surface area contributed by atoms with E-state index in [1.807, 2.05) is 13.8 Å². The molecule has 0 aromatic heterocycles. The highest BCUT2D eigenvalue weighted by Gasteiger charge is 2.36. The number of thioether (sulfide) groups is 1. The van der Waals surface area contributed by atoms with Crippen LogP contribution in [0.15, 0.2) is 23.1 Å². The number of nitrogens with two attached hydrogens (primary N) is 1. The predicted molar refractivity (Wildman–Crippen MR) is 79.6 cm³/mol. The molecule has 2 rings (SSSR count). The molecule has 2 unspecified atom stereocenters. The summed E-state index contributed by atoms with van der Waals surface area (Å²) in [6, 6.07) is 3.62. The van der Waals surface area contributed by atoms with E-state index in [0.717, 1.165) is 11.8 Å². The maximum absolute atomic E-state index is 13.4. The molecule has 1 heterocycles. The zero-order chi connectivity index (χ0) is 14.9. The summed E-state index contributed by atoms with van der Waals surface area (Å²) in [4.78, 5) is -0.00838. The minimum absolute atomic E-state index is 0.00838. The highest BCUT2D eigenvalue weighted by molar-refractivity contribution is 8.00. The van der Waals surface area contributed by atoms with Crippen molar-refractivity contribution in [2.24, 2.45) is 5.73 Å². The summed E-state index contributed by atoms with van der Waals surface area (Å²) in [5, 5.41) is 0.216. The summed E-state index contributed by atoms with van der Waals surface area (Å²) in [6.45, 7) is 4.41. The fourth-order valence-corrected chi connectivity index (χ4v) is 5.55. The van der Waals surface area contributed by atoms with E-state index < -0.39 is 15.8 Å². The molecule has 1 saturated heterocycles. The van der Waals surface area contributed by atoms with Crippen LogP contribution in [0.1, 0.15) is 19.4 Å². The molecule has 1 aromatic carbocycles. The van der Waals surface area contributed by atoms with E-state index >= 15 is 0 Å². The molecule has 1 aliphatic rings. The zero-order valence-corrected chi connectivity index (χ0v) is 13.2. The summed E-state index contributed by atoms with van der Waals surface area (Å²) in [5.74, 6) is 0.186. The quantitative estimate of drug-likeness (QED) is 0.923. The summed E-state index contributed by atoms with van der Waals surface area (Å²) in [6.07, 6.45) is 0. The standard InChI is InChI=1S/C13H19FN2O2S2/c1-9-10(2)19-6-5-16(9)20(17,18)13-7-12(14)4-3-11(13)8-15/h3-4,7,9-10H,5-6,8,15H2,1-2H3. The molecule has 0 saturated carbocycles. The van der Waals surface area contributed by atoms with Gasteiger partial charge in [-0.1, -0.05) is 13.0 Å². The monoisotopic (exact) mass is 318 g/mol. The molecule has 0 amide bonds. The maximum Gasteiger partial charge on any atom is 0.243 e. The van der Waals surface area contributed by atoms with Gasteiger partial charge in [0.05, 0.1) is 4.90 Å². The number of sulfonamides is 1. The van der Waals surface area contributed by atoms with E-state index in [4.69, 9.17) is 5.73 Å². The van der Waals surface area contributed by atoms with Gasteiger partial charge in [-0.3, -0.25) is 0 Å². The van der Waals surface area contributed by atoms with Gasteiger partial charge in [-0.2, -0.15) is 16.1 Å². The summed E-state index contributed by atoms with van der Waals surface area (Å²) in [5.41, 5.74) is 6.03. The van der Waals surface area contributed by atoms with Crippen molar-refractivity contribution < 1.29 is 12.8 Å². The minimum Gasteiger partial charge on any atom is -0.326 e. The Bertz CT molecular complexity index is 592. The maximum atomic E-state index is 13.4. The molecule has 0 spiro atoms. The van der Waals surface area contributed by atoms with E-state index in [9.17, 15) is 12.8 Å². The van der Waals surface area contributed by atoms with E-state index in [1.165, 1.54) is 16.4 Å². The van der Waals surface area contributed by atoms with Crippen LogP contribution in [0.25, 0.3) is 0 Å². The van der Waals surface area contributed by atoms with Gasteiger partial charge in [-0.05, 0) is 24.6 Å². The van der Waals surface area contributed by atoms with Crippen LogP contribution in [-0.4, -0.2) is 36.3 Å². The number of halogens is 1. The highest BCUT2D eigenvalue weighted by Crippen LogP contribution is 2.30. The zero-order valence-electron chi connectivity index (χ0n) is 11.5. The average Bonchev–Trinajstić information content (AvgIpc) is 2.41. The third kappa shape index (κ3) is 2.86. The summed E-state index contributed by atoms with van der Waals surface area (Å²) in [7, 11) is -3.71. The lowest BCUT2D eigenvalue weighted by molar-refractivity contribution is 0.340. The Morgan fingerprint density at radius 3 is 2.80 bits per heavy atom. The summed E-state index contributed by atoms with van der Waals surface area (Å²) < 4.78 is 40.4. The second-order valence-electron chi connectivity index (χ2n) is 4.89. The molecule has 1 aromatic rings. The Morgan fingerprint density at radius 2 is 2.15 bits per heavy atom. The van der Waals surface area contributed by atoms with Gasteiger partial charge in [0.25, 0.3) is 0 Å². The van der Waals surface area contributed by atoms with Gasteiger partial charge in [0, 0.05) is 30.1 Å². The van der Waals surface area contributed by atoms with Crippen molar-refractivity contribution in [3.63, 3.8) is 0 Å². The fraction of sp³-hybridized carbons (Fsp3) is 0.538. The first kappa shape index (κ1) is 15.8. The van der Waals surface area contributed by atoms with E-state index in [1.54, 1.807) is 11.8 Å². The van der Waals surface area contributed by atoms with Crippen LogP contribution in [-0.2, 0) is 16.6 Å². The van der Waals surface area contributed by atoms with Crippen molar-refractivity contribution >= 4 is 21.8 Å². The predicted octanol–water partition coefficient (Wildman–Crippen LogP) is 1.80. The van der Waals surface area contributed by atoms with Crippen molar-refractivity contribution in [1.29, 1.82) is 0 Å². The molecular formula is C13H19FN2O2S2. The fourth-order valence-electron chi connectivity index (χ4n) is 2.31. The largest absolute Gasteiger partial charge is 0.326 e. The van der Waals surface area contributed by atoms with Gasteiger partial charge in [0.1, 0.15) is 5.82 Å².